The summed E-state index contributed by atoms with van der Waals surface area (Å²) in [7, 11) is 1.66. The third kappa shape index (κ3) is 2.93. The molecule has 1 aliphatic heterocycles. The van der Waals surface area contributed by atoms with E-state index in [-0.39, 0.29) is 11.9 Å². The summed E-state index contributed by atoms with van der Waals surface area (Å²) < 4.78 is 5.02. The Morgan fingerprint density at radius 1 is 1.48 bits per heavy atom. The Labute approximate surface area is 124 Å². The van der Waals surface area contributed by atoms with Gasteiger partial charge in [-0.05, 0) is 31.4 Å². The second kappa shape index (κ2) is 6.26. The number of carbonyl (C=O) groups is 1. The Balaban J connectivity index is 1.75. The zero-order valence-electron chi connectivity index (χ0n) is 12.3. The lowest BCUT2D eigenvalue weighted by Gasteiger charge is -2.23. The Morgan fingerprint density at radius 2 is 2.33 bits per heavy atom. The smallest absolute Gasteiger partial charge is 0.223 e. The quantitative estimate of drug-likeness (QED) is 0.860. The number of para-hydroxylation sites is 2. The maximum Gasteiger partial charge on any atom is 0.223 e. The lowest BCUT2D eigenvalue weighted by atomic mass is 10.2. The van der Waals surface area contributed by atoms with Gasteiger partial charge in [-0.15, -0.1) is 0 Å². The molecule has 3 rings (SSSR count). The van der Waals surface area contributed by atoms with Crippen LogP contribution >= 0.6 is 0 Å². The van der Waals surface area contributed by atoms with E-state index in [4.69, 9.17) is 4.74 Å². The van der Waals surface area contributed by atoms with Gasteiger partial charge in [-0.3, -0.25) is 4.79 Å². The van der Waals surface area contributed by atoms with Crippen molar-refractivity contribution in [2.24, 2.45) is 0 Å². The van der Waals surface area contributed by atoms with Crippen molar-refractivity contribution in [1.29, 1.82) is 0 Å². The molecule has 1 saturated heterocycles. The molecule has 5 nitrogen and oxygen atoms in total. The Kier molecular flexibility index (Phi) is 4.20. The second-order valence-electron chi connectivity index (χ2n) is 5.48. The summed E-state index contributed by atoms with van der Waals surface area (Å²) >= 11 is 0. The number of rotatable bonds is 5. The minimum atomic E-state index is 0.0902. The van der Waals surface area contributed by atoms with Crippen molar-refractivity contribution in [3.8, 4) is 0 Å². The van der Waals surface area contributed by atoms with Crippen molar-refractivity contribution < 1.29 is 9.53 Å². The maximum atomic E-state index is 12.3. The first kappa shape index (κ1) is 14.1. The normalized spacial score (nSPS) is 18.5. The molecule has 1 N–H and O–H groups in total. The Morgan fingerprint density at radius 3 is 3.14 bits per heavy atom. The van der Waals surface area contributed by atoms with E-state index in [0.29, 0.717) is 13.0 Å². The molecular weight excluding hydrogens is 266 g/mol. The van der Waals surface area contributed by atoms with Crippen LogP contribution in [-0.4, -0.2) is 41.0 Å². The minimum Gasteiger partial charge on any atom is -0.385 e. The first-order valence-corrected chi connectivity index (χ1v) is 7.52. The molecule has 2 aromatic rings. The van der Waals surface area contributed by atoms with Gasteiger partial charge < -0.3 is 14.6 Å². The molecule has 1 amide bonds. The second-order valence-corrected chi connectivity index (χ2v) is 5.48. The summed E-state index contributed by atoms with van der Waals surface area (Å²) in [6.45, 7) is 1.46. The number of likely N-dealkylation sites (tertiary alicyclic amines) is 1. The fourth-order valence-electron chi connectivity index (χ4n) is 2.99. The molecule has 1 fully saturated rings. The summed E-state index contributed by atoms with van der Waals surface area (Å²) in [5, 5.41) is 0. The van der Waals surface area contributed by atoms with Crippen molar-refractivity contribution in [2.75, 3.05) is 20.3 Å². The zero-order valence-corrected chi connectivity index (χ0v) is 12.3. The first-order valence-electron chi connectivity index (χ1n) is 7.52. The topological polar surface area (TPSA) is 58.2 Å². The van der Waals surface area contributed by atoms with Gasteiger partial charge >= 0.3 is 0 Å². The number of methoxy groups -OCH3 is 1. The molecule has 112 valence electrons. The zero-order chi connectivity index (χ0) is 14.7. The van der Waals surface area contributed by atoms with E-state index in [1.54, 1.807) is 7.11 Å². The van der Waals surface area contributed by atoms with Crippen molar-refractivity contribution in [2.45, 2.75) is 31.7 Å². The minimum absolute atomic E-state index is 0.0902. The first-order chi connectivity index (χ1) is 10.3. The summed E-state index contributed by atoms with van der Waals surface area (Å²) in [5.74, 6) is 1.11. The van der Waals surface area contributed by atoms with Crippen LogP contribution in [0, 0.1) is 0 Å². The lowest BCUT2D eigenvalue weighted by Crippen LogP contribution is -2.31. The van der Waals surface area contributed by atoms with E-state index in [1.165, 1.54) is 0 Å². The van der Waals surface area contributed by atoms with Crippen LogP contribution in [0.4, 0.5) is 0 Å². The summed E-state index contributed by atoms with van der Waals surface area (Å²) in [6, 6.07) is 8.08. The number of aromatic amines is 1. The number of aromatic nitrogens is 2. The van der Waals surface area contributed by atoms with Crippen LogP contribution in [0.2, 0.25) is 0 Å². The largest absolute Gasteiger partial charge is 0.385 e. The standard InChI is InChI=1S/C16H21N3O2/c1-21-11-5-9-15(20)19-10-4-8-14(19)16-17-12-6-2-3-7-13(12)18-16/h2-3,6-7,14H,4-5,8-11H2,1H3,(H,17,18)/t14-/m0/s1. The molecule has 1 aromatic heterocycles. The summed E-state index contributed by atoms with van der Waals surface area (Å²) in [4.78, 5) is 22.3. The van der Waals surface area contributed by atoms with Crippen molar-refractivity contribution in [3.63, 3.8) is 0 Å². The van der Waals surface area contributed by atoms with Gasteiger partial charge in [0, 0.05) is 26.7 Å². The van der Waals surface area contributed by atoms with Gasteiger partial charge in [0.15, 0.2) is 0 Å². The fourth-order valence-corrected chi connectivity index (χ4v) is 2.99. The van der Waals surface area contributed by atoms with Gasteiger partial charge in [-0.25, -0.2) is 4.98 Å². The molecule has 0 spiro atoms. The van der Waals surface area contributed by atoms with Gasteiger partial charge in [0.2, 0.25) is 5.91 Å². The summed E-state index contributed by atoms with van der Waals surface area (Å²) in [6.07, 6.45) is 3.34. The average Bonchev–Trinajstić information content (AvgIpc) is 3.13. The number of hydrogen-bond donors (Lipinski definition) is 1. The number of carbonyl (C=O) groups excluding carboxylic acids is 1. The van der Waals surface area contributed by atoms with E-state index >= 15 is 0 Å². The van der Waals surface area contributed by atoms with Gasteiger partial charge in [-0.2, -0.15) is 0 Å². The summed E-state index contributed by atoms with van der Waals surface area (Å²) in [5.41, 5.74) is 2.00. The number of nitrogens with zero attached hydrogens (tertiary/aromatic N) is 2. The number of H-pyrrole nitrogens is 1. The number of hydrogen-bond acceptors (Lipinski definition) is 3. The van der Waals surface area contributed by atoms with E-state index in [2.05, 4.69) is 9.97 Å². The number of amides is 1. The number of nitrogens with one attached hydrogen (secondary N) is 1. The lowest BCUT2D eigenvalue weighted by molar-refractivity contribution is -0.132. The number of ether oxygens (including phenoxy) is 1. The van der Waals surface area contributed by atoms with Crippen LogP contribution in [0.1, 0.15) is 37.5 Å². The van der Waals surface area contributed by atoms with E-state index in [9.17, 15) is 4.79 Å². The van der Waals surface area contributed by atoms with Crippen molar-refractivity contribution in [1.82, 2.24) is 14.9 Å². The molecule has 0 unspecified atom stereocenters. The molecule has 1 aromatic carbocycles. The van der Waals surface area contributed by atoms with E-state index in [1.807, 2.05) is 29.2 Å². The molecule has 0 saturated carbocycles. The monoisotopic (exact) mass is 287 g/mol. The van der Waals surface area contributed by atoms with Crippen molar-refractivity contribution >= 4 is 16.9 Å². The number of imidazole rings is 1. The number of benzene rings is 1. The van der Waals surface area contributed by atoms with Crippen LogP contribution in [-0.2, 0) is 9.53 Å². The predicted molar refractivity (Wildman–Crippen MR) is 80.9 cm³/mol. The molecule has 21 heavy (non-hydrogen) atoms. The SMILES string of the molecule is COCCCC(=O)N1CCC[C@H]1c1nc2ccccc2[nH]1. The third-order valence-electron chi connectivity index (χ3n) is 4.04. The molecule has 1 aliphatic rings. The van der Waals surface area contributed by atoms with Crippen LogP contribution in [0.25, 0.3) is 11.0 Å². The van der Waals surface area contributed by atoms with E-state index in [0.717, 1.165) is 42.7 Å². The molecule has 1 atom stereocenters. The van der Waals surface area contributed by atoms with Gasteiger partial charge in [0.05, 0.1) is 17.1 Å². The molecule has 0 aliphatic carbocycles. The maximum absolute atomic E-state index is 12.3. The van der Waals surface area contributed by atoms with Crippen LogP contribution < -0.4 is 0 Å². The molecular formula is C16H21N3O2. The van der Waals surface area contributed by atoms with Crippen LogP contribution in [0.15, 0.2) is 24.3 Å². The van der Waals surface area contributed by atoms with Crippen molar-refractivity contribution in [3.05, 3.63) is 30.1 Å². The van der Waals surface area contributed by atoms with Gasteiger partial charge in [-0.1, -0.05) is 12.1 Å². The predicted octanol–water partition coefficient (Wildman–Crippen LogP) is 2.65. The Bertz CT molecular complexity index is 590. The molecule has 0 radical (unpaired) electrons. The average molecular weight is 287 g/mol. The highest BCUT2D eigenvalue weighted by Crippen LogP contribution is 2.31. The highest BCUT2D eigenvalue weighted by molar-refractivity contribution is 5.78. The van der Waals surface area contributed by atoms with Gasteiger partial charge in [0.1, 0.15) is 5.82 Å². The van der Waals surface area contributed by atoms with Crippen LogP contribution in [0.3, 0.4) is 0 Å². The molecule has 0 bridgehead atoms. The molecule has 5 heteroatoms. The van der Waals surface area contributed by atoms with Crippen LogP contribution in [0.5, 0.6) is 0 Å². The van der Waals surface area contributed by atoms with Gasteiger partial charge in [0.25, 0.3) is 0 Å². The van der Waals surface area contributed by atoms with E-state index < -0.39 is 0 Å². The fraction of sp³-hybridized carbons (Fsp3) is 0.500. The highest BCUT2D eigenvalue weighted by atomic mass is 16.5. The number of fused-ring (bicyclic) bond motifs is 1. The third-order valence-corrected chi connectivity index (χ3v) is 4.04. The molecule has 2 heterocycles. The Hall–Kier alpha value is -1.88. The highest BCUT2D eigenvalue weighted by Gasteiger charge is 2.31.